The van der Waals surface area contributed by atoms with Crippen LogP contribution in [0.15, 0.2) is 0 Å². The average molecular weight is 658 g/mol. The zero-order valence-corrected chi connectivity index (χ0v) is 18.9. The monoisotopic (exact) mass is 658 g/mol. The molecule has 0 saturated carbocycles. The maximum absolute atomic E-state index is 12.3. The van der Waals surface area contributed by atoms with E-state index in [4.69, 9.17) is 4.74 Å². The third kappa shape index (κ3) is 5.38. The normalized spacial score (nSPS) is 10.2. The molecule has 0 atom stereocenters. The zero-order valence-electron chi connectivity index (χ0n) is 12.4. The summed E-state index contributed by atoms with van der Waals surface area (Å²) in [7, 11) is 0. The molecule has 10 heteroatoms. The van der Waals surface area contributed by atoms with Crippen LogP contribution in [0.5, 0.6) is 0 Å². The molecule has 0 aliphatic heterocycles. The lowest BCUT2D eigenvalue weighted by molar-refractivity contribution is -0.371. The van der Waals surface area contributed by atoms with Gasteiger partial charge in [0.2, 0.25) is 11.8 Å². The Balaban J connectivity index is 3.56. The van der Waals surface area contributed by atoms with E-state index in [9.17, 15) is 14.4 Å². The van der Waals surface area contributed by atoms with Crippen molar-refractivity contribution in [2.45, 2.75) is 13.8 Å². The summed E-state index contributed by atoms with van der Waals surface area (Å²) in [5.41, 5.74) is 4.89. The van der Waals surface area contributed by atoms with Crippen molar-refractivity contribution in [3.63, 3.8) is 0 Å². The second-order valence-corrected chi connectivity index (χ2v) is 7.66. The highest BCUT2D eigenvalue weighted by Crippen LogP contribution is 2.39. The molecule has 0 heterocycles. The summed E-state index contributed by atoms with van der Waals surface area (Å²) in [6.45, 7) is 3.41. The van der Waals surface area contributed by atoms with Gasteiger partial charge in [0.25, 0.3) is 0 Å². The predicted molar refractivity (Wildman–Crippen MR) is 111 cm³/mol. The second-order valence-electron chi connectivity index (χ2n) is 4.42. The highest BCUT2D eigenvalue weighted by atomic mass is 127. The Labute approximate surface area is 174 Å². The van der Waals surface area contributed by atoms with Gasteiger partial charge in [-0.1, -0.05) is 0 Å². The first-order valence-corrected chi connectivity index (χ1v) is 9.66. The molecule has 23 heavy (non-hydrogen) atoms. The van der Waals surface area contributed by atoms with Crippen molar-refractivity contribution in [1.29, 1.82) is 0 Å². The van der Waals surface area contributed by atoms with Gasteiger partial charge in [0.15, 0.2) is 0 Å². The minimum atomic E-state index is -0.517. The molecule has 2 amide bonds. The lowest BCUT2D eigenvalue weighted by Gasteiger charge is -2.19. The van der Waals surface area contributed by atoms with Crippen LogP contribution >= 0.6 is 67.8 Å². The van der Waals surface area contributed by atoms with Crippen molar-refractivity contribution in [2.24, 2.45) is 0 Å². The quantitative estimate of drug-likeness (QED) is 0.332. The molecule has 0 unspecified atom stereocenters. The number of carbonyl (C=O) groups excluding carboxylic acids is 3. The van der Waals surface area contributed by atoms with Gasteiger partial charge in [0, 0.05) is 13.8 Å². The van der Waals surface area contributed by atoms with E-state index in [-0.39, 0.29) is 18.4 Å². The first-order valence-electron chi connectivity index (χ1n) is 6.42. The van der Waals surface area contributed by atoms with Gasteiger partial charge in [-0.05, 0) is 67.8 Å². The Kier molecular flexibility index (Phi) is 8.43. The molecule has 0 aliphatic rings. The van der Waals surface area contributed by atoms with Crippen LogP contribution in [-0.2, 0) is 14.3 Å². The highest BCUT2D eigenvalue weighted by Gasteiger charge is 2.26. The Morgan fingerprint density at radius 1 is 0.957 bits per heavy atom. The number of esters is 1. The Bertz CT molecular complexity index is 621. The number of carbonyl (C=O) groups is 3. The fraction of sp³-hybridized carbons (Fsp3) is 0.308. The van der Waals surface area contributed by atoms with E-state index in [2.05, 4.69) is 16.4 Å². The molecule has 0 saturated heterocycles. The SMILES string of the molecule is CC(=O)Nc1c(I)c(NC(C)=O)c(I)c(C(=O)OCC[NH3+])c1I. The number of ether oxygens (including phenoxy) is 1. The lowest BCUT2D eigenvalue weighted by atomic mass is 10.1. The summed E-state index contributed by atoms with van der Waals surface area (Å²) in [6.07, 6.45) is 0. The Morgan fingerprint density at radius 2 is 1.39 bits per heavy atom. The molecular weight excluding hydrogens is 643 g/mol. The number of hydrogen-bond donors (Lipinski definition) is 3. The number of hydrogen-bond acceptors (Lipinski definition) is 4. The van der Waals surface area contributed by atoms with Crippen LogP contribution in [0, 0.1) is 10.7 Å². The number of halogens is 3. The number of quaternary nitrogens is 1. The van der Waals surface area contributed by atoms with Crippen molar-refractivity contribution in [1.82, 2.24) is 0 Å². The third-order valence-electron chi connectivity index (χ3n) is 2.50. The standard InChI is InChI=1S/C13H14I3N3O4/c1-5(20)18-11-8(14)7(13(22)23-4-3-17)9(15)12(10(11)16)19-6(2)21/h3-4,17H2,1-2H3,(H,18,20)(H,19,21)/p+1. The molecule has 1 aromatic rings. The largest absolute Gasteiger partial charge is 0.456 e. The molecule has 0 spiro atoms. The van der Waals surface area contributed by atoms with E-state index < -0.39 is 5.97 Å². The summed E-state index contributed by atoms with van der Waals surface area (Å²) >= 11 is 6.01. The summed E-state index contributed by atoms with van der Waals surface area (Å²) in [5, 5.41) is 5.41. The van der Waals surface area contributed by atoms with Gasteiger partial charge in [-0.15, -0.1) is 0 Å². The maximum Gasteiger partial charge on any atom is 0.340 e. The Morgan fingerprint density at radius 3 is 1.74 bits per heavy atom. The Hall–Kier alpha value is -0.220. The summed E-state index contributed by atoms with van der Waals surface area (Å²) < 4.78 is 6.94. The van der Waals surface area contributed by atoms with E-state index in [1.54, 1.807) is 0 Å². The van der Waals surface area contributed by atoms with Gasteiger partial charge in [-0.25, -0.2) is 4.79 Å². The molecule has 1 rings (SSSR count). The number of benzene rings is 1. The molecule has 0 bridgehead atoms. The molecule has 1 aromatic carbocycles. The van der Waals surface area contributed by atoms with E-state index >= 15 is 0 Å². The fourth-order valence-electron chi connectivity index (χ4n) is 1.65. The minimum Gasteiger partial charge on any atom is -0.456 e. The summed E-state index contributed by atoms with van der Waals surface area (Å²) in [5.74, 6) is -1.06. The summed E-state index contributed by atoms with van der Waals surface area (Å²) in [6, 6.07) is 0. The van der Waals surface area contributed by atoms with E-state index in [0.717, 1.165) is 0 Å². The van der Waals surface area contributed by atoms with Crippen LogP contribution in [-0.4, -0.2) is 30.9 Å². The molecule has 7 nitrogen and oxygen atoms in total. The van der Waals surface area contributed by atoms with Crippen LogP contribution in [0.25, 0.3) is 0 Å². The van der Waals surface area contributed by atoms with Gasteiger partial charge in [-0.3, -0.25) is 9.59 Å². The molecule has 126 valence electrons. The van der Waals surface area contributed by atoms with Crippen LogP contribution in [0.1, 0.15) is 24.2 Å². The molecule has 0 aromatic heterocycles. The van der Waals surface area contributed by atoms with E-state index in [0.29, 0.717) is 34.2 Å². The van der Waals surface area contributed by atoms with Crippen molar-refractivity contribution in [3.05, 3.63) is 16.3 Å². The van der Waals surface area contributed by atoms with Crippen molar-refractivity contribution >= 4 is 96.9 Å². The van der Waals surface area contributed by atoms with Crippen LogP contribution in [0.3, 0.4) is 0 Å². The fourth-order valence-corrected chi connectivity index (χ4v) is 5.80. The van der Waals surface area contributed by atoms with Crippen LogP contribution < -0.4 is 16.4 Å². The zero-order chi connectivity index (χ0) is 17.7. The van der Waals surface area contributed by atoms with Gasteiger partial charge < -0.3 is 21.1 Å². The molecule has 0 radical (unpaired) electrons. The second kappa shape index (κ2) is 9.31. The van der Waals surface area contributed by atoms with Gasteiger partial charge >= 0.3 is 5.97 Å². The molecular formula is C13H15I3N3O4+. The maximum atomic E-state index is 12.3. The molecule has 5 N–H and O–H groups in total. The lowest BCUT2D eigenvalue weighted by Crippen LogP contribution is -2.52. The van der Waals surface area contributed by atoms with E-state index in [1.165, 1.54) is 13.8 Å². The van der Waals surface area contributed by atoms with Gasteiger partial charge in [0.1, 0.15) is 13.2 Å². The van der Waals surface area contributed by atoms with Crippen molar-refractivity contribution in [3.8, 4) is 0 Å². The summed E-state index contributed by atoms with van der Waals surface area (Å²) in [4.78, 5) is 35.3. The molecule has 0 fully saturated rings. The molecule has 0 aliphatic carbocycles. The van der Waals surface area contributed by atoms with Crippen LogP contribution in [0.4, 0.5) is 11.4 Å². The first kappa shape index (κ1) is 20.8. The topological polar surface area (TPSA) is 112 Å². The smallest absolute Gasteiger partial charge is 0.340 e. The van der Waals surface area contributed by atoms with Crippen LogP contribution in [0.2, 0.25) is 0 Å². The predicted octanol–water partition coefficient (Wildman–Crippen LogP) is 1.82. The number of rotatable bonds is 5. The van der Waals surface area contributed by atoms with E-state index in [1.807, 2.05) is 67.8 Å². The number of anilines is 2. The number of amides is 2. The van der Waals surface area contributed by atoms with Crippen molar-refractivity contribution in [2.75, 3.05) is 23.8 Å². The first-order chi connectivity index (χ1) is 10.7. The van der Waals surface area contributed by atoms with Crippen molar-refractivity contribution < 1.29 is 24.9 Å². The number of nitrogens with one attached hydrogen (secondary N) is 2. The van der Waals surface area contributed by atoms with Gasteiger partial charge in [0.05, 0.1) is 27.6 Å². The average Bonchev–Trinajstić information content (AvgIpc) is 2.45. The third-order valence-corrected chi connectivity index (χ3v) is 5.74. The minimum absolute atomic E-state index is 0.196. The highest BCUT2D eigenvalue weighted by molar-refractivity contribution is 14.1. The van der Waals surface area contributed by atoms with Gasteiger partial charge in [-0.2, -0.15) is 0 Å².